The number of fused-ring (bicyclic) bond motifs is 2. The van der Waals surface area contributed by atoms with Gasteiger partial charge in [-0.25, -0.2) is 9.78 Å². The third-order valence-corrected chi connectivity index (χ3v) is 4.83. The van der Waals surface area contributed by atoms with E-state index in [0.29, 0.717) is 5.88 Å². The number of hydrogen-bond donors (Lipinski definition) is 0. The highest BCUT2D eigenvalue weighted by atomic mass is 16.5. The van der Waals surface area contributed by atoms with Crippen LogP contribution in [0, 0.1) is 0 Å². The minimum Gasteiger partial charge on any atom is -0.438 e. The third kappa shape index (κ3) is 2.50. The molecule has 2 aliphatic heterocycles. The minimum absolute atomic E-state index is 0.0752. The zero-order valence-electron chi connectivity index (χ0n) is 13.8. The predicted octanol–water partition coefficient (Wildman–Crippen LogP) is 3.81. The summed E-state index contributed by atoms with van der Waals surface area (Å²) in [5.74, 6) is 1.35. The van der Waals surface area contributed by atoms with Gasteiger partial charge in [0.05, 0.1) is 6.04 Å². The van der Waals surface area contributed by atoms with Gasteiger partial charge >= 0.3 is 6.03 Å². The van der Waals surface area contributed by atoms with Crippen LogP contribution in [0.4, 0.5) is 4.79 Å². The molecule has 0 saturated carbocycles. The van der Waals surface area contributed by atoms with Crippen molar-refractivity contribution in [3.8, 4) is 11.6 Å². The van der Waals surface area contributed by atoms with Gasteiger partial charge in [-0.2, -0.15) is 0 Å². The maximum absolute atomic E-state index is 13.0. The summed E-state index contributed by atoms with van der Waals surface area (Å²) >= 11 is 0. The van der Waals surface area contributed by atoms with Gasteiger partial charge in [-0.05, 0) is 37.5 Å². The molecule has 5 heteroatoms. The Morgan fingerprint density at radius 1 is 1.12 bits per heavy atom. The molecule has 1 fully saturated rings. The summed E-state index contributed by atoms with van der Waals surface area (Å²) in [6.07, 6.45) is 5.10. The summed E-state index contributed by atoms with van der Waals surface area (Å²) in [6, 6.07) is 11.7. The van der Waals surface area contributed by atoms with E-state index in [9.17, 15) is 4.79 Å². The highest BCUT2D eigenvalue weighted by molar-refractivity contribution is 5.76. The molecule has 1 aromatic heterocycles. The van der Waals surface area contributed by atoms with Crippen molar-refractivity contribution in [3.05, 3.63) is 53.7 Å². The summed E-state index contributed by atoms with van der Waals surface area (Å²) < 4.78 is 5.92. The van der Waals surface area contributed by atoms with E-state index in [1.807, 2.05) is 53.2 Å². The molecule has 0 bridgehead atoms. The fourth-order valence-corrected chi connectivity index (χ4v) is 3.60. The SMILES string of the molecule is CN(C(=O)N1CCCCC1)C1c2ccccc2Oc2ncccc21. The van der Waals surface area contributed by atoms with Crippen LogP contribution in [0.15, 0.2) is 42.6 Å². The van der Waals surface area contributed by atoms with Crippen molar-refractivity contribution < 1.29 is 9.53 Å². The summed E-state index contributed by atoms with van der Waals surface area (Å²) in [7, 11) is 1.88. The van der Waals surface area contributed by atoms with E-state index in [4.69, 9.17) is 4.74 Å². The number of amides is 2. The van der Waals surface area contributed by atoms with Crippen LogP contribution >= 0.6 is 0 Å². The molecular formula is C19H21N3O2. The Hall–Kier alpha value is -2.56. The van der Waals surface area contributed by atoms with Crippen LogP contribution in [0.2, 0.25) is 0 Å². The van der Waals surface area contributed by atoms with Gasteiger partial charge in [-0.1, -0.05) is 18.2 Å². The summed E-state index contributed by atoms with van der Waals surface area (Å²) in [5.41, 5.74) is 1.94. The van der Waals surface area contributed by atoms with E-state index in [-0.39, 0.29) is 12.1 Å². The Labute approximate surface area is 141 Å². The second-order valence-electron chi connectivity index (χ2n) is 6.38. The zero-order chi connectivity index (χ0) is 16.5. The van der Waals surface area contributed by atoms with Crippen molar-refractivity contribution in [1.29, 1.82) is 0 Å². The van der Waals surface area contributed by atoms with Crippen LogP contribution in [-0.4, -0.2) is 41.0 Å². The van der Waals surface area contributed by atoms with Gasteiger partial charge in [-0.15, -0.1) is 0 Å². The van der Waals surface area contributed by atoms with E-state index < -0.39 is 0 Å². The maximum Gasteiger partial charge on any atom is 0.320 e. The summed E-state index contributed by atoms with van der Waals surface area (Å²) in [4.78, 5) is 21.1. The molecule has 2 aromatic rings. The van der Waals surface area contributed by atoms with Gasteiger partial charge in [0.15, 0.2) is 0 Å². The van der Waals surface area contributed by atoms with Crippen LogP contribution in [0.1, 0.15) is 36.4 Å². The van der Waals surface area contributed by atoms with Crippen molar-refractivity contribution in [3.63, 3.8) is 0 Å². The minimum atomic E-state index is -0.173. The molecule has 24 heavy (non-hydrogen) atoms. The van der Waals surface area contributed by atoms with Gasteiger partial charge in [0.1, 0.15) is 5.75 Å². The van der Waals surface area contributed by atoms with E-state index in [1.165, 1.54) is 6.42 Å². The van der Waals surface area contributed by atoms with Gasteiger partial charge in [0.25, 0.3) is 0 Å². The highest BCUT2D eigenvalue weighted by Crippen LogP contribution is 2.44. The molecule has 0 radical (unpaired) electrons. The molecule has 4 rings (SSSR count). The molecule has 1 unspecified atom stereocenters. The number of urea groups is 1. The lowest BCUT2D eigenvalue weighted by Gasteiger charge is -2.37. The normalized spacial score (nSPS) is 19.0. The number of hydrogen-bond acceptors (Lipinski definition) is 3. The topological polar surface area (TPSA) is 45.7 Å². The largest absolute Gasteiger partial charge is 0.438 e. The first kappa shape index (κ1) is 15.0. The Morgan fingerprint density at radius 3 is 2.71 bits per heavy atom. The average Bonchev–Trinajstić information content (AvgIpc) is 2.65. The summed E-state index contributed by atoms with van der Waals surface area (Å²) in [6.45, 7) is 1.68. The molecule has 1 atom stereocenters. The number of rotatable bonds is 1. The first-order chi connectivity index (χ1) is 11.8. The number of aromatic nitrogens is 1. The molecule has 2 amide bonds. The molecule has 3 heterocycles. The van der Waals surface area contributed by atoms with Crippen molar-refractivity contribution in [2.45, 2.75) is 25.3 Å². The molecule has 5 nitrogen and oxygen atoms in total. The molecule has 1 saturated heterocycles. The number of para-hydroxylation sites is 1. The number of carbonyl (C=O) groups excluding carboxylic acids is 1. The molecular weight excluding hydrogens is 302 g/mol. The number of pyridine rings is 1. The smallest absolute Gasteiger partial charge is 0.320 e. The number of carbonyl (C=O) groups is 1. The van der Waals surface area contributed by atoms with Crippen LogP contribution < -0.4 is 4.74 Å². The Bertz CT molecular complexity index is 710. The summed E-state index contributed by atoms with van der Waals surface area (Å²) in [5, 5.41) is 0. The standard InChI is InChI=1S/C19H21N3O2/c1-21(19(23)22-12-5-2-6-13-22)17-14-8-3-4-10-16(14)24-18-15(17)9-7-11-20-18/h3-4,7-11,17H,2,5-6,12-13H2,1H3. The van der Waals surface area contributed by atoms with Crippen molar-refractivity contribution in [2.75, 3.05) is 20.1 Å². The van der Waals surface area contributed by atoms with Crippen molar-refractivity contribution in [2.24, 2.45) is 0 Å². The fraction of sp³-hybridized carbons (Fsp3) is 0.368. The number of benzene rings is 1. The van der Waals surface area contributed by atoms with Crippen molar-refractivity contribution in [1.82, 2.24) is 14.8 Å². The number of piperidine rings is 1. The lowest BCUT2D eigenvalue weighted by Crippen LogP contribution is -2.45. The fourth-order valence-electron chi connectivity index (χ4n) is 3.60. The first-order valence-electron chi connectivity index (χ1n) is 8.49. The second-order valence-corrected chi connectivity index (χ2v) is 6.38. The molecule has 0 N–H and O–H groups in total. The van der Waals surface area contributed by atoms with Gasteiger partial charge in [0.2, 0.25) is 5.88 Å². The molecule has 0 spiro atoms. The second kappa shape index (κ2) is 6.15. The molecule has 124 valence electrons. The van der Waals surface area contributed by atoms with Gasteiger partial charge < -0.3 is 14.5 Å². The van der Waals surface area contributed by atoms with E-state index in [1.54, 1.807) is 6.20 Å². The monoisotopic (exact) mass is 323 g/mol. The highest BCUT2D eigenvalue weighted by Gasteiger charge is 2.34. The van der Waals surface area contributed by atoms with Gasteiger partial charge in [0, 0.05) is 37.5 Å². The van der Waals surface area contributed by atoms with E-state index in [0.717, 1.165) is 42.8 Å². The average molecular weight is 323 g/mol. The van der Waals surface area contributed by atoms with Crippen LogP contribution in [0.3, 0.4) is 0 Å². The first-order valence-corrected chi connectivity index (χ1v) is 8.49. The lowest BCUT2D eigenvalue weighted by molar-refractivity contribution is 0.141. The Morgan fingerprint density at radius 2 is 1.88 bits per heavy atom. The third-order valence-electron chi connectivity index (χ3n) is 4.83. The zero-order valence-corrected chi connectivity index (χ0v) is 13.8. The number of nitrogens with zero attached hydrogens (tertiary/aromatic N) is 3. The molecule has 2 aliphatic rings. The van der Waals surface area contributed by atoms with Crippen molar-refractivity contribution >= 4 is 6.03 Å². The van der Waals surface area contributed by atoms with Crippen LogP contribution in [-0.2, 0) is 0 Å². The Kier molecular flexibility index (Phi) is 3.84. The lowest BCUT2D eigenvalue weighted by atomic mass is 9.95. The number of likely N-dealkylation sites (tertiary alicyclic amines) is 1. The van der Waals surface area contributed by atoms with Gasteiger partial charge in [-0.3, -0.25) is 0 Å². The number of ether oxygens (including phenoxy) is 1. The quantitative estimate of drug-likeness (QED) is 0.801. The Balaban J connectivity index is 1.72. The van der Waals surface area contributed by atoms with E-state index in [2.05, 4.69) is 4.98 Å². The van der Waals surface area contributed by atoms with E-state index >= 15 is 0 Å². The predicted molar refractivity (Wildman–Crippen MR) is 91.2 cm³/mol. The molecule has 1 aromatic carbocycles. The van der Waals surface area contributed by atoms with Crippen LogP contribution in [0.5, 0.6) is 11.6 Å². The molecule has 0 aliphatic carbocycles. The maximum atomic E-state index is 13.0. The van der Waals surface area contributed by atoms with Crippen LogP contribution in [0.25, 0.3) is 0 Å².